The van der Waals surface area contributed by atoms with Crippen molar-refractivity contribution in [1.82, 2.24) is 9.88 Å². The Bertz CT molecular complexity index is 1250. The molecule has 2 aromatic carbocycles. The fourth-order valence-electron chi connectivity index (χ4n) is 3.92. The Morgan fingerprint density at radius 1 is 1.16 bits per heavy atom. The maximum absolute atomic E-state index is 12.8. The first kappa shape index (κ1) is 20.2. The van der Waals surface area contributed by atoms with E-state index in [4.69, 9.17) is 10.7 Å². The van der Waals surface area contributed by atoms with Gasteiger partial charge in [-0.2, -0.15) is 0 Å². The third-order valence-electron chi connectivity index (χ3n) is 5.51. The lowest BCUT2D eigenvalue weighted by Gasteiger charge is -2.28. The maximum atomic E-state index is 12.8. The second-order valence-electron chi connectivity index (χ2n) is 7.70. The molecule has 0 fully saturated rings. The lowest BCUT2D eigenvalue weighted by Crippen LogP contribution is -2.30. The Kier molecular flexibility index (Phi) is 5.48. The summed E-state index contributed by atoms with van der Waals surface area (Å²) < 4.78 is 0.961. The van der Waals surface area contributed by atoms with E-state index in [0.29, 0.717) is 10.6 Å². The molecule has 5 nitrogen and oxygen atoms in total. The molecule has 0 aliphatic carbocycles. The molecule has 1 aliphatic heterocycles. The Balaban J connectivity index is 1.39. The molecular weight excluding hydrogens is 472 g/mol. The number of hydrogen-bond donors (Lipinski definition) is 2. The second kappa shape index (κ2) is 8.42. The molecule has 1 amide bonds. The molecular formula is C24H21BrN4OS. The second-order valence-corrected chi connectivity index (χ2v) is 9.61. The van der Waals surface area contributed by atoms with Crippen molar-refractivity contribution in [3.8, 4) is 0 Å². The van der Waals surface area contributed by atoms with Gasteiger partial charge in [0.15, 0.2) is 0 Å². The van der Waals surface area contributed by atoms with Crippen molar-refractivity contribution in [2.24, 2.45) is 0 Å². The fourth-order valence-corrected chi connectivity index (χ4v) is 5.18. The van der Waals surface area contributed by atoms with Gasteiger partial charge in [0.1, 0.15) is 9.71 Å². The highest BCUT2D eigenvalue weighted by atomic mass is 79.9. The summed E-state index contributed by atoms with van der Waals surface area (Å²) in [5.41, 5.74) is 11.2. The number of halogens is 1. The highest BCUT2D eigenvalue weighted by Crippen LogP contribution is 2.35. The standard InChI is InChI=1S/C24H21BrN4OS/c25-17-6-8-18(9-7-17)27-23(30)22-21(26)19-12-16-14-29(13-15-4-2-1-3-5-15)11-10-20(16)28-24(19)31-22/h1-9,12H,10-11,13-14,26H2,(H,27,30). The van der Waals surface area contributed by atoms with Crippen LogP contribution in [0.25, 0.3) is 10.2 Å². The molecule has 1 aliphatic rings. The molecule has 2 aromatic heterocycles. The highest BCUT2D eigenvalue weighted by molar-refractivity contribution is 9.10. The lowest BCUT2D eigenvalue weighted by molar-refractivity contribution is 0.103. The predicted molar refractivity (Wildman–Crippen MR) is 130 cm³/mol. The molecule has 0 spiro atoms. The zero-order chi connectivity index (χ0) is 21.4. The number of rotatable bonds is 4. The minimum atomic E-state index is -0.202. The van der Waals surface area contributed by atoms with Crippen molar-refractivity contribution in [3.05, 3.63) is 86.8 Å². The maximum Gasteiger partial charge on any atom is 0.267 e. The van der Waals surface area contributed by atoms with Gasteiger partial charge in [-0.05, 0) is 41.5 Å². The van der Waals surface area contributed by atoms with Gasteiger partial charge < -0.3 is 11.1 Å². The largest absolute Gasteiger partial charge is 0.397 e. The van der Waals surface area contributed by atoms with Gasteiger partial charge in [0.2, 0.25) is 0 Å². The number of carbonyl (C=O) groups excluding carboxylic acids is 1. The number of nitrogen functional groups attached to an aromatic ring is 1. The molecule has 0 saturated carbocycles. The van der Waals surface area contributed by atoms with E-state index < -0.39 is 0 Å². The van der Waals surface area contributed by atoms with Crippen LogP contribution in [0.3, 0.4) is 0 Å². The Hall–Kier alpha value is -2.74. The number of aromatic nitrogens is 1. The number of fused-ring (bicyclic) bond motifs is 2. The van der Waals surface area contributed by atoms with Crippen LogP contribution in [0, 0.1) is 0 Å². The van der Waals surface area contributed by atoms with Crippen molar-refractivity contribution in [3.63, 3.8) is 0 Å². The van der Waals surface area contributed by atoms with Crippen molar-refractivity contribution < 1.29 is 4.79 Å². The summed E-state index contributed by atoms with van der Waals surface area (Å²) in [6, 6.07) is 20.1. The zero-order valence-corrected chi connectivity index (χ0v) is 19.2. The predicted octanol–water partition coefficient (Wildman–Crippen LogP) is 5.45. The third-order valence-corrected chi connectivity index (χ3v) is 7.15. The van der Waals surface area contributed by atoms with Gasteiger partial charge in [0.25, 0.3) is 5.91 Å². The SMILES string of the molecule is Nc1c(C(=O)Nc2ccc(Br)cc2)sc2nc3c(cc12)CN(Cc1ccccc1)CC3. The summed E-state index contributed by atoms with van der Waals surface area (Å²) in [7, 11) is 0. The molecule has 3 N–H and O–H groups in total. The number of pyridine rings is 1. The summed E-state index contributed by atoms with van der Waals surface area (Å²) in [6.07, 6.45) is 0.899. The van der Waals surface area contributed by atoms with Crippen LogP contribution < -0.4 is 11.1 Å². The van der Waals surface area contributed by atoms with E-state index in [9.17, 15) is 4.79 Å². The first-order chi connectivity index (χ1) is 15.1. The molecule has 156 valence electrons. The summed E-state index contributed by atoms with van der Waals surface area (Å²) in [4.78, 5) is 21.5. The van der Waals surface area contributed by atoms with E-state index in [1.54, 1.807) is 0 Å². The number of carbonyl (C=O) groups is 1. The smallest absolute Gasteiger partial charge is 0.267 e. The van der Waals surface area contributed by atoms with Gasteiger partial charge in [0.05, 0.1) is 5.69 Å². The molecule has 0 saturated heterocycles. The number of thiophene rings is 1. The minimum Gasteiger partial charge on any atom is -0.397 e. The first-order valence-electron chi connectivity index (χ1n) is 10.1. The number of benzene rings is 2. The van der Waals surface area contributed by atoms with Crippen LogP contribution >= 0.6 is 27.3 Å². The average Bonchev–Trinajstić information content (AvgIpc) is 3.10. The quantitative estimate of drug-likeness (QED) is 0.397. The molecule has 0 bridgehead atoms. The number of nitrogens with zero attached hydrogens (tertiary/aromatic N) is 2. The van der Waals surface area contributed by atoms with Gasteiger partial charge in [-0.3, -0.25) is 9.69 Å². The minimum absolute atomic E-state index is 0.202. The molecule has 3 heterocycles. The van der Waals surface area contributed by atoms with Crippen LogP contribution in [0.15, 0.2) is 65.1 Å². The average molecular weight is 493 g/mol. The Morgan fingerprint density at radius 3 is 2.71 bits per heavy atom. The number of nitrogens with one attached hydrogen (secondary N) is 1. The monoisotopic (exact) mass is 492 g/mol. The summed E-state index contributed by atoms with van der Waals surface area (Å²) in [5.74, 6) is -0.202. The van der Waals surface area contributed by atoms with Gasteiger partial charge >= 0.3 is 0 Å². The van der Waals surface area contributed by atoms with E-state index in [1.807, 2.05) is 30.3 Å². The number of hydrogen-bond acceptors (Lipinski definition) is 5. The third kappa shape index (κ3) is 4.21. The lowest BCUT2D eigenvalue weighted by atomic mass is 10.0. The van der Waals surface area contributed by atoms with E-state index >= 15 is 0 Å². The zero-order valence-electron chi connectivity index (χ0n) is 16.8. The fraction of sp³-hybridized carbons (Fsp3) is 0.167. The van der Waals surface area contributed by atoms with Crippen molar-refractivity contribution in [1.29, 1.82) is 0 Å². The molecule has 7 heteroatoms. The van der Waals surface area contributed by atoms with Crippen LogP contribution in [0.5, 0.6) is 0 Å². The molecule has 0 unspecified atom stereocenters. The van der Waals surface area contributed by atoms with Gasteiger partial charge in [-0.1, -0.05) is 46.3 Å². The van der Waals surface area contributed by atoms with Crippen LogP contribution in [0.2, 0.25) is 0 Å². The van der Waals surface area contributed by atoms with Crippen molar-refractivity contribution in [2.45, 2.75) is 19.5 Å². The number of amides is 1. The Labute approximate surface area is 193 Å². The summed E-state index contributed by atoms with van der Waals surface area (Å²) in [5, 5.41) is 3.79. The molecule has 31 heavy (non-hydrogen) atoms. The van der Waals surface area contributed by atoms with Gasteiger partial charge in [-0.15, -0.1) is 11.3 Å². The van der Waals surface area contributed by atoms with E-state index in [-0.39, 0.29) is 5.91 Å². The summed E-state index contributed by atoms with van der Waals surface area (Å²) >= 11 is 4.76. The van der Waals surface area contributed by atoms with Gasteiger partial charge in [-0.25, -0.2) is 4.98 Å². The van der Waals surface area contributed by atoms with Crippen LogP contribution in [0.4, 0.5) is 11.4 Å². The Morgan fingerprint density at radius 2 is 1.94 bits per heavy atom. The first-order valence-corrected chi connectivity index (χ1v) is 11.7. The van der Waals surface area contributed by atoms with Crippen molar-refractivity contribution in [2.75, 3.05) is 17.6 Å². The molecule has 0 atom stereocenters. The van der Waals surface area contributed by atoms with Crippen molar-refractivity contribution >= 4 is 54.8 Å². The topological polar surface area (TPSA) is 71.2 Å². The van der Waals surface area contributed by atoms with Gasteiger partial charge in [0, 0.05) is 47.3 Å². The number of nitrogens with two attached hydrogens (primary N) is 1. The summed E-state index contributed by atoms with van der Waals surface area (Å²) in [6.45, 7) is 2.72. The van der Waals surface area contributed by atoms with E-state index in [0.717, 1.165) is 52.1 Å². The normalized spacial score (nSPS) is 13.8. The molecule has 4 aromatic rings. The van der Waals surface area contributed by atoms with E-state index in [1.165, 1.54) is 22.5 Å². The van der Waals surface area contributed by atoms with Crippen LogP contribution in [0.1, 0.15) is 26.5 Å². The highest BCUT2D eigenvalue weighted by Gasteiger charge is 2.23. The van der Waals surface area contributed by atoms with Crippen LogP contribution in [-0.2, 0) is 19.5 Å². The van der Waals surface area contributed by atoms with Crippen LogP contribution in [-0.4, -0.2) is 22.3 Å². The number of anilines is 2. The van der Waals surface area contributed by atoms with E-state index in [2.05, 4.69) is 56.5 Å². The molecule has 0 radical (unpaired) electrons. The molecule has 5 rings (SSSR count).